The average molecular weight is 120 g/mol. The Labute approximate surface area is 45.2 Å². The van der Waals surface area contributed by atoms with Crippen LogP contribution in [0.2, 0.25) is 0 Å². The molecule has 42 valence electrons. The van der Waals surface area contributed by atoms with Gasteiger partial charge in [-0.1, -0.05) is 0 Å². The normalized spacial score (nSPS) is 29.4. The van der Waals surface area contributed by atoms with Gasteiger partial charge in [-0.25, -0.2) is 4.21 Å². The van der Waals surface area contributed by atoms with Gasteiger partial charge in [0.25, 0.3) is 0 Å². The van der Waals surface area contributed by atoms with Crippen molar-refractivity contribution in [1.29, 1.82) is 0 Å². The zero-order valence-electron chi connectivity index (χ0n) is 4.18. The van der Waals surface area contributed by atoms with Crippen molar-refractivity contribution in [3.63, 3.8) is 0 Å². The predicted octanol–water partition coefficient (Wildman–Crippen LogP) is 0.761. The molecule has 1 aliphatic carbocycles. The summed E-state index contributed by atoms with van der Waals surface area (Å²) in [6.45, 7) is 1.82. The Bertz CT molecular complexity index is 106. The molecule has 0 aromatic rings. The molecule has 0 bridgehead atoms. The molecule has 0 aliphatic heterocycles. The van der Waals surface area contributed by atoms with Crippen LogP contribution in [0.4, 0.5) is 0 Å². The quantitative estimate of drug-likeness (QED) is 0.519. The number of hydrogen-bond donors (Lipinski definition) is 1. The van der Waals surface area contributed by atoms with Crippen LogP contribution < -0.4 is 0 Å². The summed E-state index contributed by atoms with van der Waals surface area (Å²) in [6, 6.07) is 0. The van der Waals surface area contributed by atoms with Gasteiger partial charge in [0.1, 0.15) is 0 Å². The molecule has 3 heteroatoms. The van der Waals surface area contributed by atoms with Crippen molar-refractivity contribution in [2.24, 2.45) is 0 Å². The van der Waals surface area contributed by atoms with Gasteiger partial charge in [-0.3, -0.25) is 0 Å². The van der Waals surface area contributed by atoms with E-state index in [9.17, 15) is 4.21 Å². The van der Waals surface area contributed by atoms with Gasteiger partial charge in [-0.2, -0.15) is 0 Å². The molecule has 1 saturated carbocycles. The first-order chi connectivity index (χ1) is 3.15. The maximum atomic E-state index is 10.2. The van der Waals surface area contributed by atoms with Gasteiger partial charge in [-0.15, -0.1) is 0 Å². The van der Waals surface area contributed by atoms with E-state index in [1.807, 2.05) is 6.92 Å². The molecular formula is C4H8O2S. The summed E-state index contributed by atoms with van der Waals surface area (Å²) in [6.07, 6.45) is 1.83. The molecule has 0 amide bonds. The second-order valence-electron chi connectivity index (χ2n) is 2.20. The molecule has 0 aromatic heterocycles. The predicted molar refractivity (Wildman–Crippen MR) is 28.4 cm³/mol. The molecule has 1 fully saturated rings. The average Bonchev–Trinajstić information content (AvgIpc) is 2.21. The van der Waals surface area contributed by atoms with Crippen molar-refractivity contribution < 1.29 is 8.76 Å². The van der Waals surface area contributed by atoms with Gasteiger partial charge >= 0.3 is 0 Å². The van der Waals surface area contributed by atoms with Crippen molar-refractivity contribution >= 4 is 11.1 Å². The Morgan fingerprint density at radius 2 is 2.14 bits per heavy atom. The zero-order chi connectivity index (χ0) is 5.49. The molecule has 0 aromatic carbocycles. The van der Waals surface area contributed by atoms with Crippen molar-refractivity contribution in [2.45, 2.75) is 24.5 Å². The molecule has 1 N–H and O–H groups in total. The maximum Gasteiger partial charge on any atom is 0.158 e. The van der Waals surface area contributed by atoms with Crippen LogP contribution in [0, 0.1) is 0 Å². The van der Waals surface area contributed by atoms with Crippen LogP contribution in [0.15, 0.2) is 0 Å². The highest BCUT2D eigenvalue weighted by Gasteiger charge is 2.43. The smallest absolute Gasteiger partial charge is 0.158 e. The van der Waals surface area contributed by atoms with Crippen LogP contribution in [0.3, 0.4) is 0 Å². The third-order valence-corrected chi connectivity index (χ3v) is 2.63. The van der Waals surface area contributed by atoms with E-state index in [1.54, 1.807) is 0 Å². The molecule has 1 aliphatic rings. The summed E-state index contributed by atoms with van der Waals surface area (Å²) in [7, 11) is 0. The van der Waals surface area contributed by atoms with E-state index in [1.165, 1.54) is 0 Å². The summed E-state index contributed by atoms with van der Waals surface area (Å²) in [5.74, 6) is 0. The molecule has 1 atom stereocenters. The summed E-state index contributed by atoms with van der Waals surface area (Å²) in [5, 5.41) is 0. The fourth-order valence-corrected chi connectivity index (χ4v) is 0.802. The number of rotatable bonds is 1. The summed E-state index contributed by atoms with van der Waals surface area (Å²) in [4.78, 5) is 0. The van der Waals surface area contributed by atoms with Gasteiger partial charge < -0.3 is 4.55 Å². The molecule has 0 spiro atoms. The van der Waals surface area contributed by atoms with Crippen LogP contribution in [-0.2, 0) is 11.1 Å². The van der Waals surface area contributed by atoms with Gasteiger partial charge in [0, 0.05) is 0 Å². The van der Waals surface area contributed by atoms with E-state index in [-0.39, 0.29) is 4.75 Å². The Morgan fingerprint density at radius 1 is 1.71 bits per heavy atom. The van der Waals surface area contributed by atoms with E-state index in [2.05, 4.69) is 0 Å². The zero-order valence-corrected chi connectivity index (χ0v) is 4.99. The second-order valence-corrected chi connectivity index (χ2v) is 3.68. The Hall–Kier alpha value is 0.110. The van der Waals surface area contributed by atoms with E-state index in [0.29, 0.717) is 0 Å². The molecule has 0 heterocycles. The maximum absolute atomic E-state index is 10.2. The molecular weight excluding hydrogens is 112 g/mol. The lowest BCUT2D eigenvalue weighted by atomic mass is 10.5. The van der Waals surface area contributed by atoms with E-state index in [4.69, 9.17) is 4.55 Å². The van der Waals surface area contributed by atoms with Gasteiger partial charge in [-0.05, 0) is 19.8 Å². The molecule has 7 heavy (non-hydrogen) atoms. The minimum atomic E-state index is -1.57. The van der Waals surface area contributed by atoms with Gasteiger partial charge in [0.05, 0.1) is 4.75 Å². The van der Waals surface area contributed by atoms with Crippen LogP contribution in [0.5, 0.6) is 0 Å². The summed E-state index contributed by atoms with van der Waals surface area (Å²) >= 11 is -1.57. The number of hydrogen-bond acceptors (Lipinski definition) is 1. The van der Waals surface area contributed by atoms with E-state index >= 15 is 0 Å². The Kier molecular flexibility index (Phi) is 0.970. The van der Waals surface area contributed by atoms with Gasteiger partial charge in [0.2, 0.25) is 0 Å². The standard InChI is InChI=1S/C4H8O2S/c1-4(2-3-4)7(5)6/h2-3H2,1H3,(H,5,6). The Morgan fingerprint density at radius 3 is 2.14 bits per heavy atom. The van der Waals surface area contributed by atoms with Crippen molar-refractivity contribution in [3.05, 3.63) is 0 Å². The fourth-order valence-electron chi connectivity index (χ4n) is 0.351. The van der Waals surface area contributed by atoms with Crippen molar-refractivity contribution in [3.8, 4) is 0 Å². The summed E-state index contributed by atoms with van der Waals surface area (Å²) in [5.41, 5.74) is 0. The summed E-state index contributed by atoms with van der Waals surface area (Å²) < 4.78 is 18.4. The first-order valence-corrected chi connectivity index (χ1v) is 3.37. The Balaban J connectivity index is 2.55. The van der Waals surface area contributed by atoms with Crippen molar-refractivity contribution in [2.75, 3.05) is 0 Å². The first kappa shape index (κ1) is 5.25. The lowest BCUT2D eigenvalue weighted by Gasteiger charge is -1.96. The molecule has 1 unspecified atom stereocenters. The first-order valence-electron chi connectivity index (χ1n) is 2.26. The minimum absolute atomic E-state index is 0.222. The van der Waals surface area contributed by atoms with Crippen LogP contribution in [0.1, 0.15) is 19.8 Å². The second kappa shape index (κ2) is 1.29. The van der Waals surface area contributed by atoms with Crippen LogP contribution in [0.25, 0.3) is 0 Å². The molecule has 0 radical (unpaired) electrons. The van der Waals surface area contributed by atoms with E-state index < -0.39 is 11.1 Å². The lowest BCUT2D eigenvalue weighted by Crippen LogP contribution is -2.08. The topological polar surface area (TPSA) is 37.3 Å². The third-order valence-electron chi connectivity index (χ3n) is 1.38. The van der Waals surface area contributed by atoms with Crippen LogP contribution in [-0.4, -0.2) is 13.5 Å². The molecule has 1 rings (SSSR count). The fraction of sp³-hybridized carbons (Fsp3) is 1.00. The molecule has 2 nitrogen and oxygen atoms in total. The minimum Gasteiger partial charge on any atom is -0.306 e. The monoisotopic (exact) mass is 120 g/mol. The van der Waals surface area contributed by atoms with Crippen molar-refractivity contribution in [1.82, 2.24) is 0 Å². The highest BCUT2D eigenvalue weighted by atomic mass is 32.2. The van der Waals surface area contributed by atoms with E-state index in [0.717, 1.165) is 12.8 Å². The molecule has 0 saturated heterocycles. The third kappa shape index (κ3) is 0.836. The highest BCUT2D eigenvalue weighted by Crippen LogP contribution is 2.39. The lowest BCUT2D eigenvalue weighted by molar-refractivity contribution is 0.549. The SMILES string of the molecule is CC1(S(=O)O)CC1. The van der Waals surface area contributed by atoms with Crippen LogP contribution >= 0.6 is 0 Å². The van der Waals surface area contributed by atoms with Gasteiger partial charge in [0.15, 0.2) is 11.1 Å². The largest absolute Gasteiger partial charge is 0.306 e. The highest BCUT2D eigenvalue weighted by molar-refractivity contribution is 7.81.